The predicted molar refractivity (Wildman–Crippen MR) is 151 cm³/mol. The van der Waals surface area contributed by atoms with Gasteiger partial charge < -0.3 is 23.2 Å². The number of nitrogens with zero attached hydrogens (tertiary/aromatic N) is 1. The Morgan fingerprint density at radius 2 is 1.06 bits per heavy atom. The van der Waals surface area contributed by atoms with Gasteiger partial charge in [-0.15, -0.1) is 22.7 Å². The van der Waals surface area contributed by atoms with Crippen molar-refractivity contribution in [3.8, 4) is 0 Å². The van der Waals surface area contributed by atoms with Gasteiger partial charge in [0.1, 0.15) is 0 Å². The van der Waals surface area contributed by atoms with Gasteiger partial charge >= 0.3 is 14.2 Å². The average molecular weight is 515 g/mol. The quantitative estimate of drug-likeness (QED) is 0.282. The van der Waals surface area contributed by atoms with Crippen molar-refractivity contribution in [2.24, 2.45) is 0 Å². The number of hydrogen-bond acceptors (Lipinski definition) is 6. The first-order chi connectivity index (χ1) is 16.3. The Morgan fingerprint density at radius 3 is 1.43 bits per heavy atom. The Kier molecular flexibility index (Phi) is 6.34. The van der Waals surface area contributed by atoms with E-state index in [1.165, 1.54) is 46.1 Å². The Hall–Kier alpha value is -0.830. The first kappa shape index (κ1) is 25.8. The largest absolute Gasteiger partial charge is 0.505 e. The zero-order chi connectivity index (χ0) is 25.4. The van der Waals surface area contributed by atoms with E-state index in [1.54, 1.807) is 22.7 Å². The maximum absolute atomic E-state index is 6.39. The zero-order valence-electron chi connectivity index (χ0n) is 22.7. The van der Waals surface area contributed by atoms with Gasteiger partial charge in [-0.1, -0.05) is 26.2 Å². The smallest absolute Gasteiger partial charge is 0.399 e. The lowest BCUT2D eigenvalue weighted by molar-refractivity contribution is 0.00578. The lowest BCUT2D eigenvalue weighted by Crippen LogP contribution is -2.41. The highest BCUT2D eigenvalue weighted by Crippen LogP contribution is 2.42. The third-order valence-corrected chi connectivity index (χ3v) is 10.9. The fourth-order valence-corrected chi connectivity index (χ4v) is 7.13. The second kappa shape index (κ2) is 8.60. The maximum atomic E-state index is 6.39. The molecule has 2 aliphatic rings. The highest BCUT2D eigenvalue weighted by molar-refractivity contribution is 7.35. The molecule has 0 N–H and O–H groups in total. The minimum atomic E-state index is -0.343. The van der Waals surface area contributed by atoms with Crippen molar-refractivity contribution < 1.29 is 18.6 Å². The molecule has 0 amide bonds. The van der Waals surface area contributed by atoms with Crippen LogP contribution in [0.2, 0.25) is 0 Å². The molecule has 0 aliphatic carbocycles. The number of fused-ring (bicyclic) bond motifs is 3. The van der Waals surface area contributed by atoms with Crippen molar-refractivity contribution in [2.75, 3.05) is 0 Å². The summed E-state index contributed by atoms with van der Waals surface area (Å²) in [6.07, 6.45) is 4.95. The summed E-state index contributed by atoms with van der Waals surface area (Å²) in [6.45, 7) is 20.2. The Bertz CT molecular complexity index is 1120. The molecule has 5 nitrogen and oxygen atoms in total. The Morgan fingerprint density at radius 1 is 0.657 bits per heavy atom. The summed E-state index contributed by atoms with van der Waals surface area (Å²) in [5.41, 5.74) is 1.21. The van der Waals surface area contributed by atoms with Crippen molar-refractivity contribution >= 4 is 66.9 Å². The van der Waals surface area contributed by atoms with Crippen LogP contribution in [0.1, 0.15) is 88.0 Å². The van der Waals surface area contributed by atoms with E-state index in [1.807, 2.05) is 0 Å². The molecular formula is C26H39B2NO4S2. The molecule has 3 aromatic rings. The lowest BCUT2D eigenvalue weighted by Gasteiger charge is -2.32. The Balaban J connectivity index is 1.54. The van der Waals surface area contributed by atoms with Crippen molar-refractivity contribution in [2.45, 2.75) is 117 Å². The van der Waals surface area contributed by atoms with Crippen LogP contribution in [0.4, 0.5) is 0 Å². The molecule has 2 saturated heterocycles. The third kappa shape index (κ3) is 4.24. The van der Waals surface area contributed by atoms with Crippen LogP contribution in [0, 0.1) is 0 Å². The minimum Gasteiger partial charge on any atom is -0.399 e. The summed E-state index contributed by atoms with van der Waals surface area (Å²) in [5, 5.41) is 0. The number of unbranched alkanes of at least 4 members (excludes halogenated alkanes) is 3. The van der Waals surface area contributed by atoms with Crippen LogP contribution < -0.4 is 9.55 Å². The van der Waals surface area contributed by atoms with Crippen LogP contribution in [0.3, 0.4) is 0 Å². The molecular weight excluding hydrogens is 476 g/mol. The molecule has 5 rings (SSSR count). The lowest BCUT2D eigenvalue weighted by atomic mass is 9.88. The summed E-state index contributed by atoms with van der Waals surface area (Å²) in [6, 6.07) is 4.59. The van der Waals surface area contributed by atoms with Gasteiger partial charge in [-0.25, -0.2) is 0 Å². The van der Waals surface area contributed by atoms with Crippen molar-refractivity contribution in [1.29, 1.82) is 0 Å². The van der Waals surface area contributed by atoms with Crippen LogP contribution in [-0.2, 0) is 25.2 Å². The van der Waals surface area contributed by atoms with Gasteiger partial charge in [0.25, 0.3) is 0 Å². The van der Waals surface area contributed by atoms with E-state index < -0.39 is 0 Å². The first-order valence-electron chi connectivity index (χ1n) is 13.0. The number of hydrogen-bond donors (Lipinski definition) is 0. The van der Waals surface area contributed by atoms with Crippen LogP contribution in [0.5, 0.6) is 0 Å². The van der Waals surface area contributed by atoms with Gasteiger partial charge in [-0.05, 0) is 73.9 Å². The summed E-state index contributed by atoms with van der Waals surface area (Å²) in [4.78, 5) is 0. The molecule has 35 heavy (non-hydrogen) atoms. The monoisotopic (exact) mass is 515 g/mol. The van der Waals surface area contributed by atoms with Gasteiger partial charge in [0.15, 0.2) is 0 Å². The highest BCUT2D eigenvalue weighted by Gasteiger charge is 2.53. The van der Waals surface area contributed by atoms with Crippen molar-refractivity contribution in [3.05, 3.63) is 12.1 Å². The van der Waals surface area contributed by atoms with E-state index in [9.17, 15) is 0 Å². The number of thiophene rings is 2. The van der Waals surface area contributed by atoms with Gasteiger partial charge in [-0.2, -0.15) is 0 Å². The average Bonchev–Trinajstić information content (AvgIpc) is 3.48. The van der Waals surface area contributed by atoms with E-state index >= 15 is 0 Å². The van der Waals surface area contributed by atoms with E-state index in [0.29, 0.717) is 0 Å². The molecule has 5 heterocycles. The SMILES string of the molecule is CCCCCCn1c2cc(B3OC(C)(C)C(C)(C)O3)sc2c2sc(B3OC(C)(C)C(C)(C)O3)cc21. The summed E-state index contributed by atoms with van der Waals surface area (Å²) in [5.74, 6) is 0. The van der Waals surface area contributed by atoms with Crippen molar-refractivity contribution in [1.82, 2.24) is 4.57 Å². The number of aryl methyl sites for hydroxylation is 1. The van der Waals surface area contributed by atoms with Crippen LogP contribution in [0.25, 0.3) is 20.4 Å². The zero-order valence-corrected chi connectivity index (χ0v) is 24.4. The standard InChI is InChI=1S/C26H39B2NO4S2/c1-10-11-12-13-14-29-17-15-19(27-30-23(2,3)24(4,5)31-27)34-21(17)22-18(29)16-20(35-22)28-32-25(6,7)26(8,9)33-28/h15-16H,10-14H2,1-9H3. The maximum Gasteiger partial charge on any atom is 0.505 e. The summed E-state index contributed by atoms with van der Waals surface area (Å²) < 4.78 is 33.0. The topological polar surface area (TPSA) is 41.9 Å². The van der Waals surface area contributed by atoms with E-state index in [0.717, 1.165) is 16.1 Å². The molecule has 2 aliphatic heterocycles. The summed E-state index contributed by atoms with van der Waals surface area (Å²) in [7, 11) is -0.660. The molecule has 0 atom stereocenters. The molecule has 0 aromatic carbocycles. The van der Waals surface area contributed by atoms with E-state index in [2.05, 4.69) is 79.0 Å². The fraction of sp³-hybridized carbons (Fsp3) is 0.692. The van der Waals surface area contributed by atoms with Gasteiger partial charge in [0.05, 0.1) is 42.8 Å². The molecule has 2 fully saturated rings. The molecule has 0 saturated carbocycles. The molecule has 3 aromatic heterocycles. The predicted octanol–water partition coefficient (Wildman–Crippen LogP) is 6.10. The van der Waals surface area contributed by atoms with Gasteiger partial charge in [0, 0.05) is 16.1 Å². The molecule has 0 bridgehead atoms. The number of rotatable bonds is 7. The van der Waals surface area contributed by atoms with Gasteiger partial charge in [-0.3, -0.25) is 0 Å². The van der Waals surface area contributed by atoms with E-state index in [-0.39, 0.29) is 36.6 Å². The molecule has 9 heteroatoms. The number of aromatic nitrogens is 1. The molecule has 190 valence electrons. The minimum absolute atomic E-state index is 0.330. The van der Waals surface area contributed by atoms with Crippen molar-refractivity contribution in [3.63, 3.8) is 0 Å². The second-order valence-electron chi connectivity index (χ2n) is 12.1. The van der Waals surface area contributed by atoms with Crippen LogP contribution in [-0.4, -0.2) is 41.2 Å². The summed E-state index contributed by atoms with van der Waals surface area (Å²) >= 11 is 3.61. The van der Waals surface area contributed by atoms with Crippen LogP contribution in [0.15, 0.2) is 12.1 Å². The molecule has 0 radical (unpaired) electrons. The molecule has 0 spiro atoms. The highest BCUT2D eigenvalue weighted by atomic mass is 32.1. The van der Waals surface area contributed by atoms with Crippen LogP contribution >= 0.6 is 22.7 Å². The third-order valence-electron chi connectivity index (χ3n) is 8.46. The van der Waals surface area contributed by atoms with Gasteiger partial charge in [0.2, 0.25) is 0 Å². The Labute approximate surface area is 218 Å². The fourth-order valence-electron chi connectivity index (χ4n) is 4.74. The second-order valence-corrected chi connectivity index (χ2v) is 14.3. The first-order valence-corrected chi connectivity index (χ1v) is 14.7. The normalized spacial score (nSPS) is 22.8. The molecule has 0 unspecified atom stereocenters. The van der Waals surface area contributed by atoms with E-state index in [4.69, 9.17) is 18.6 Å².